The Kier molecular flexibility index (Phi) is 8.68. The lowest BCUT2D eigenvalue weighted by Crippen LogP contribution is -2.70. The highest BCUT2D eigenvalue weighted by molar-refractivity contribution is 5.80. The van der Waals surface area contributed by atoms with Crippen molar-refractivity contribution in [2.75, 3.05) is 13.2 Å². The van der Waals surface area contributed by atoms with Crippen LogP contribution in [0.1, 0.15) is 92.9 Å². The maximum absolute atomic E-state index is 14.4. The third-order valence-electron chi connectivity index (χ3n) is 15.4. The van der Waals surface area contributed by atoms with Gasteiger partial charge in [-0.05, 0) is 97.7 Å². The minimum Gasteiger partial charge on any atom is -0.432 e. The molecule has 6 aliphatic rings. The molecule has 268 valence electrons. The van der Waals surface area contributed by atoms with Crippen molar-refractivity contribution >= 4 is 5.97 Å². The fourth-order valence-electron chi connectivity index (χ4n) is 12.2. The van der Waals surface area contributed by atoms with E-state index in [2.05, 4.69) is 26.8 Å². The monoisotopic (exact) mass is 666 g/mol. The Morgan fingerprint density at radius 3 is 2.19 bits per heavy atom. The van der Waals surface area contributed by atoms with Crippen LogP contribution in [0, 0.1) is 50.2 Å². The summed E-state index contributed by atoms with van der Waals surface area (Å²) in [5.74, 6) is -1.16. The lowest BCUT2D eigenvalue weighted by Gasteiger charge is -2.72. The zero-order chi connectivity index (χ0) is 34.7. The van der Waals surface area contributed by atoms with Crippen molar-refractivity contribution in [3.8, 4) is 0 Å². The number of esters is 1. The maximum Gasteiger partial charge on any atom is 0.317 e. The van der Waals surface area contributed by atoms with Gasteiger partial charge in [0.15, 0.2) is 0 Å². The van der Waals surface area contributed by atoms with Crippen LogP contribution in [0.25, 0.3) is 0 Å². The lowest BCUT2D eigenvalue weighted by molar-refractivity contribution is -0.293. The zero-order valence-corrected chi connectivity index (χ0v) is 28.8. The van der Waals surface area contributed by atoms with Gasteiger partial charge in [0.25, 0.3) is 0 Å². The molecule has 11 heteroatoms. The highest BCUT2D eigenvalue weighted by Gasteiger charge is 2.72. The second-order valence-corrected chi connectivity index (χ2v) is 17.7. The molecule has 1 saturated heterocycles. The van der Waals surface area contributed by atoms with Crippen molar-refractivity contribution < 1.29 is 55.1 Å². The molecule has 1 heterocycles. The summed E-state index contributed by atoms with van der Waals surface area (Å²) in [5, 5.41) is 86.9. The van der Waals surface area contributed by atoms with Crippen LogP contribution >= 0.6 is 0 Å². The number of allylic oxidation sites excluding steroid dienone is 2. The van der Waals surface area contributed by atoms with Gasteiger partial charge < -0.3 is 50.3 Å². The molecule has 8 N–H and O–H groups in total. The van der Waals surface area contributed by atoms with Gasteiger partial charge in [0, 0.05) is 12.0 Å². The van der Waals surface area contributed by atoms with E-state index in [1.54, 1.807) is 0 Å². The average molecular weight is 667 g/mol. The van der Waals surface area contributed by atoms with Crippen LogP contribution < -0.4 is 0 Å². The number of rotatable bonds is 4. The van der Waals surface area contributed by atoms with Crippen LogP contribution in [-0.2, 0) is 14.3 Å². The summed E-state index contributed by atoms with van der Waals surface area (Å²) in [6, 6.07) is 0. The van der Waals surface area contributed by atoms with Crippen molar-refractivity contribution in [2.24, 2.45) is 50.2 Å². The van der Waals surface area contributed by atoms with E-state index in [1.165, 1.54) is 6.92 Å². The molecule has 0 aromatic carbocycles. The van der Waals surface area contributed by atoms with Crippen molar-refractivity contribution in [2.45, 2.75) is 142 Å². The Morgan fingerprint density at radius 1 is 0.872 bits per heavy atom. The van der Waals surface area contributed by atoms with E-state index in [0.29, 0.717) is 25.7 Å². The predicted molar refractivity (Wildman–Crippen MR) is 169 cm³/mol. The van der Waals surface area contributed by atoms with Gasteiger partial charge in [0.2, 0.25) is 6.29 Å². The number of aliphatic hydroxyl groups excluding tert-OH is 8. The van der Waals surface area contributed by atoms with E-state index in [1.807, 2.05) is 13.8 Å². The number of hydrogen-bond donors (Lipinski definition) is 8. The molecule has 0 spiro atoms. The molecule has 5 fully saturated rings. The quantitative estimate of drug-likeness (QED) is 0.160. The highest BCUT2D eigenvalue weighted by atomic mass is 16.7. The van der Waals surface area contributed by atoms with Gasteiger partial charge in [-0.25, -0.2) is 0 Å². The Labute approximate surface area is 278 Å². The molecule has 17 atom stereocenters. The van der Waals surface area contributed by atoms with Crippen molar-refractivity contribution in [3.63, 3.8) is 0 Å². The van der Waals surface area contributed by atoms with Crippen LogP contribution in [0.4, 0.5) is 0 Å². The molecule has 4 saturated carbocycles. The molecule has 47 heavy (non-hydrogen) atoms. The first-order valence-corrected chi connectivity index (χ1v) is 17.7. The smallest absolute Gasteiger partial charge is 0.317 e. The largest absolute Gasteiger partial charge is 0.432 e. The maximum atomic E-state index is 14.4. The van der Waals surface area contributed by atoms with E-state index in [9.17, 15) is 45.6 Å². The fourth-order valence-corrected chi connectivity index (χ4v) is 12.2. The molecule has 0 radical (unpaired) electrons. The number of ether oxygens (including phenoxy) is 2. The van der Waals surface area contributed by atoms with E-state index in [0.717, 1.165) is 18.4 Å². The summed E-state index contributed by atoms with van der Waals surface area (Å²) in [5.41, 5.74) is -3.00. The van der Waals surface area contributed by atoms with Gasteiger partial charge in [0.05, 0.1) is 31.0 Å². The van der Waals surface area contributed by atoms with E-state index in [-0.39, 0.29) is 43.3 Å². The topological polar surface area (TPSA) is 197 Å². The average Bonchev–Trinajstić information content (AvgIpc) is 3.01. The molecule has 0 aromatic rings. The zero-order valence-electron chi connectivity index (χ0n) is 28.8. The molecule has 1 aliphatic heterocycles. The van der Waals surface area contributed by atoms with Gasteiger partial charge in [-0.3, -0.25) is 4.79 Å². The number of hydrogen-bond acceptors (Lipinski definition) is 11. The molecule has 0 aromatic heterocycles. The van der Waals surface area contributed by atoms with Crippen molar-refractivity contribution in [1.29, 1.82) is 0 Å². The van der Waals surface area contributed by atoms with Gasteiger partial charge in [-0.1, -0.05) is 46.3 Å². The second-order valence-electron chi connectivity index (χ2n) is 17.7. The molecular weight excluding hydrogens is 608 g/mol. The van der Waals surface area contributed by atoms with Crippen LogP contribution in [0.15, 0.2) is 11.6 Å². The summed E-state index contributed by atoms with van der Waals surface area (Å²) >= 11 is 0. The van der Waals surface area contributed by atoms with Crippen molar-refractivity contribution in [1.82, 2.24) is 0 Å². The molecule has 0 bridgehead atoms. The Morgan fingerprint density at radius 2 is 1.55 bits per heavy atom. The highest BCUT2D eigenvalue weighted by Crippen LogP contribution is 2.75. The van der Waals surface area contributed by atoms with Gasteiger partial charge in [-0.15, -0.1) is 0 Å². The molecule has 11 nitrogen and oxygen atoms in total. The van der Waals surface area contributed by atoms with Crippen LogP contribution in [0.3, 0.4) is 0 Å². The van der Waals surface area contributed by atoms with Crippen LogP contribution in [0.5, 0.6) is 0 Å². The third-order valence-corrected chi connectivity index (χ3v) is 15.4. The van der Waals surface area contributed by atoms with E-state index < -0.39 is 88.0 Å². The minimum atomic E-state index is -1.67. The Hall–Kier alpha value is -1.15. The Bertz CT molecular complexity index is 1280. The standard InChI is InChI=1S/C36H58O11/c1-18-25(41)26(42)27(43)29(46-18)47-30(45)36-12-11-31(2,16-37)13-20(36)19-7-8-23-32(3)14-21(39)28(44)33(4,17-38)22(32)9-10-34(23,5)35(19,6)15-24(36)40/h7,18,20-29,37-44H,8-17H2,1-6H3/t18-,20+,21-,22-,23-,24-,25+,26+,27-,28+,29+,31-,32+,33+,34-,35-,36-/m1/s1. The van der Waals surface area contributed by atoms with Crippen LogP contribution in [-0.4, -0.2) is 109 Å². The summed E-state index contributed by atoms with van der Waals surface area (Å²) in [6.07, 6.45) is -3.89. The number of carbonyl (C=O) groups excluding carboxylic acids is 1. The fraction of sp³-hybridized carbons (Fsp3) is 0.917. The summed E-state index contributed by atoms with van der Waals surface area (Å²) < 4.78 is 11.5. The van der Waals surface area contributed by atoms with E-state index in [4.69, 9.17) is 9.47 Å². The van der Waals surface area contributed by atoms with Crippen molar-refractivity contribution in [3.05, 3.63) is 11.6 Å². The minimum absolute atomic E-state index is 0.0249. The summed E-state index contributed by atoms with van der Waals surface area (Å²) in [6.45, 7) is 11.7. The third kappa shape index (κ3) is 4.67. The lowest BCUT2D eigenvalue weighted by atomic mass is 9.33. The van der Waals surface area contributed by atoms with Gasteiger partial charge in [0.1, 0.15) is 23.7 Å². The first-order valence-electron chi connectivity index (χ1n) is 17.7. The first kappa shape index (κ1) is 35.7. The number of fused-ring (bicyclic) bond motifs is 7. The van der Waals surface area contributed by atoms with Crippen LogP contribution in [0.2, 0.25) is 0 Å². The summed E-state index contributed by atoms with van der Waals surface area (Å²) in [4.78, 5) is 14.4. The molecule has 5 aliphatic carbocycles. The molecule has 0 amide bonds. The SMILES string of the molecule is C[C@H]1O[C@@H](OC(=O)[C@]23CC[C@@](C)(CO)C[C@H]2C2=CC[C@@H]4[C@@]5(C)C[C@@H](O)[C@H](O)[C@@](C)(CO)[C@@H]5CC[C@@]4(C)[C@]2(C)C[C@H]3O)[C@H](O)[C@@H](O)[C@H]1O. The number of carbonyl (C=O) groups is 1. The van der Waals surface area contributed by atoms with Gasteiger partial charge >= 0.3 is 5.97 Å². The number of aliphatic hydroxyl groups is 8. The second kappa shape index (κ2) is 11.4. The van der Waals surface area contributed by atoms with E-state index >= 15 is 0 Å². The normalized spacial score (nSPS) is 57.5. The molecule has 0 unspecified atom stereocenters. The van der Waals surface area contributed by atoms with Gasteiger partial charge in [-0.2, -0.15) is 0 Å². The predicted octanol–water partition coefficient (Wildman–Crippen LogP) is 1.41. The Balaban J connectivity index is 1.41. The molecule has 6 rings (SSSR count). The summed E-state index contributed by atoms with van der Waals surface area (Å²) in [7, 11) is 0. The molecular formula is C36H58O11. The first-order chi connectivity index (χ1) is 21.8.